The van der Waals surface area contributed by atoms with Crippen LogP contribution in [-0.4, -0.2) is 32.4 Å². The fraction of sp³-hybridized carbons (Fsp3) is 0.455. The second-order valence-corrected chi connectivity index (χ2v) is 9.65. The molecule has 1 aromatic heterocycles. The van der Waals surface area contributed by atoms with E-state index in [0.717, 1.165) is 25.3 Å². The third-order valence-electron chi connectivity index (χ3n) is 5.71. The van der Waals surface area contributed by atoms with E-state index in [9.17, 15) is 26.4 Å². The maximum Gasteiger partial charge on any atom is 0.433 e. The zero-order valence-electron chi connectivity index (χ0n) is 18.7. The average molecular weight is 500 g/mol. The number of pyridine rings is 1. The number of amides is 1. The summed E-state index contributed by atoms with van der Waals surface area (Å²) < 4.78 is 63.8. The van der Waals surface area contributed by atoms with E-state index in [2.05, 4.69) is 15.0 Å². The van der Waals surface area contributed by atoms with E-state index in [0.29, 0.717) is 29.8 Å². The molecule has 1 aliphatic heterocycles. The van der Waals surface area contributed by atoms with Crippen molar-refractivity contribution in [2.75, 3.05) is 18.0 Å². The molecule has 0 aliphatic carbocycles. The SMILES string of the molecule is C[C@H](C(=O)NCc1ccc(C(F)(F)F)nc1N1CCCCC1)c1ccc(CNS(N)(=O)=O)cc1. The third-order valence-corrected chi connectivity index (χ3v) is 6.25. The monoisotopic (exact) mass is 499 g/mol. The topological polar surface area (TPSA) is 117 Å². The molecule has 0 unspecified atom stereocenters. The van der Waals surface area contributed by atoms with Gasteiger partial charge in [-0.1, -0.05) is 30.3 Å². The fourth-order valence-corrected chi connectivity index (χ4v) is 4.12. The van der Waals surface area contributed by atoms with Gasteiger partial charge in [0.1, 0.15) is 11.5 Å². The number of rotatable bonds is 8. The number of anilines is 1. The highest BCUT2D eigenvalue weighted by molar-refractivity contribution is 7.87. The normalized spacial score (nSPS) is 15.7. The summed E-state index contributed by atoms with van der Waals surface area (Å²) >= 11 is 0. The molecule has 0 bridgehead atoms. The van der Waals surface area contributed by atoms with Gasteiger partial charge in [0.15, 0.2) is 0 Å². The van der Waals surface area contributed by atoms with Gasteiger partial charge in [-0.15, -0.1) is 0 Å². The van der Waals surface area contributed by atoms with Crippen molar-refractivity contribution in [3.63, 3.8) is 0 Å². The van der Waals surface area contributed by atoms with Crippen LogP contribution in [0.15, 0.2) is 36.4 Å². The van der Waals surface area contributed by atoms with Crippen molar-refractivity contribution in [1.82, 2.24) is 15.0 Å². The van der Waals surface area contributed by atoms with Gasteiger partial charge in [0, 0.05) is 31.7 Å². The summed E-state index contributed by atoms with van der Waals surface area (Å²) in [7, 11) is -3.80. The molecule has 1 fully saturated rings. The van der Waals surface area contributed by atoms with Crippen LogP contribution in [0.5, 0.6) is 0 Å². The Hall–Kier alpha value is -2.70. The number of nitrogens with two attached hydrogens (primary N) is 1. The highest BCUT2D eigenvalue weighted by Crippen LogP contribution is 2.31. The first-order valence-electron chi connectivity index (χ1n) is 10.9. The van der Waals surface area contributed by atoms with Crippen LogP contribution in [0.2, 0.25) is 0 Å². The second-order valence-electron chi connectivity index (χ2n) is 8.27. The Morgan fingerprint density at radius 3 is 2.32 bits per heavy atom. The van der Waals surface area contributed by atoms with Crippen LogP contribution in [0.1, 0.15) is 54.5 Å². The van der Waals surface area contributed by atoms with Crippen LogP contribution in [-0.2, 0) is 34.3 Å². The minimum atomic E-state index is -4.54. The number of carbonyl (C=O) groups is 1. The molecular formula is C22H28F3N5O3S. The van der Waals surface area contributed by atoms with Crippen molar-refractivity contribution >= 4 is 21.9 Å². The lowest BCUT2D eigenvalue weighted by Crippen LogP contribution is -2.33. The number of nitrogens with one attached hydrogen (secondary N) is 2. The molecule has 12 heteroatoms. The van der Waals surface area contributed by atoms with Gasteiger partial charge >= 0.3 is 6.18 Å². The molecule has 34 heavy (non-hydrogen) atoms. The van der Waals surface area contributed by atoms with Gasteiger partial charge in [-0.25, -0.2) is 10.1 Å². The van der Waals surface area contributed by atoms with Crippen molar-refractivity contribution in [2.45, 2.75) is 51.4 Å². The number of halogens is 3. The number of benzene rings is 1. The Balaban J connectivity index is 1.68. The number of piperidine rings is 1. The molecule has 3 rings (SSSR count). The summed E-state index contributed by atoms with van der Waals surface area (Å²) in [5, 5.41) is 7.71. The Kier molecular flexibility index (Phi) is 8.16. The average Bonchev–Trinajstić information content (AvgIpc) is 2.80. The van der Waals surface area contributed by atoms with Crippen LogP contribution in [0.4, 0.5) is 19.0 Å². The van der Waals surface area contributed by atoms with Crippen molar-refractivity contribution < 1.29 is 26.4 Å². The predicted molar refractivity (Wildman–Crippen MR) is 122 cm³/mol. The molecule has 1 aromatic carbocycles. The molecule has 0 saturated carbocycles. The van der Waals surface area contributed by atoms with Crippen molar-refractivity contribution in [1.29, 1.82) is 0 Å². The molecule has 1 saturated heterocycles. The van der Waals surface area contributed by atoms with Crippen LogP contribution >= 0.6 is 0 Å². The lowest BCUT2D eigenvalue weighted by molar-refractivity contribution is -0.141. The van der Waals surface area contributed by atoms with Gasteiger partial charge in [-0.05, 0) is 43.4 Å². The number of hydrogen-bond donors (Lipinski definition) is 3. The number of carbonyl (C=O) groups excluding carboxylic acids is 1. The standard InChI is InChI=1S/C22H28F3N5O3S/c1-15(17-7-5-16(6-8-17)13-28-34(26,32)33)21(31)27-14-18-9-10-19(22(23,24)25)29-20(18)30-11-3-2-4-12-30/h5-10,15,28H,2-4,11-14H2,1H3,(H,27,31)(H2,26,32,33)/t15-/m0/s1. The van der Waals surface area contributed by atoms with Crippen molar-refractivity contribution in [3.8, 4) is 0 Å². The zero-order chi connectivity index (χ0) is 24.9. The van der Waals surface area contributed by atoms with Crippen LogP contribution in [0.3, 0.4) is 0 Å². The summed E-state index contributed by atoms with van der Waals surface area (Å²) in [4.78, 5) is 18.5. The van der Waals surface area contributed by atoms with E-state index >= 15 is 0 Å². The summed E-state index contributed by atoms with van der Waals surface area (Å²) in [6.45, 7) is 3.04. The smallest absolute Gasteiger partial charge is 0.356 e. The number of alkyl halides is 3. The molecule has 1 atom stereocenters. The first-order valence-corrected chi connectivity index (χ1v) is 12.4. The summed E-state index contributed by atoms with van der Waals surface area (Å²) in [6.07, 6.45) is -1.76. The molecule has 0 radical (unpaired) electrons. The summed E-state index contributed by atoms with van der Waals surface area (Å²) in [5.74, 6) is -0.560. The number of hydrogen-bond acceptors (Lipinski definition) is 5. The van der Waals surface area contributed by atoms with E-state index in [4.69, 9.17) is 5.14 Å². The second kappa shape index (κ2) is 10.7. The molecule has 2 aromatic rings. The fourth-order valence-electron chi connectivity index (χ4n) is 3.75. The van der Waals surface area contributed by atoms with E-state index in [1.807, 2.05) is 4.90 Å². The Bertz CT molecular complexity index is 1100. The zero-order valence-corrected chi connectivity index (χ0v) is 19.5. The number of aromatic nitrogens is 1. The summed E-state index contributed by atoms with van der Waals surface area (Å²) in [6, 6.07) is 9.11. The molecular weight excluding hydrogens is 471 g/mol. The maximum atomic E-state index is 13.2. The van der Waals surface area contributed by atoms with Gasteiger partial charge in [0.2, 0.25) is 5.91 Å². The molecule has 1 amide bonds. The Labute approximate surface area is 196 Å². The molecule has 0 spiro atoms. The van der Waals surface area contributed by atoms with Crippen molar-refractivity contribution in [2.24, 2.45) is 5.14 Å². The molecule has 1 aliphatic rings. The van der Waals surface area contributed by atoms with E-state index < -0.39 is 28.0 Å². The molecule has 186 valence electrons. The molecule has 4 N–H and O–H groups in total. The highest BCUT2D eigenvalue weighted by Gasteiger charge is 2.34. The van der Waals surface area contributed by atoms with Gasteiger partial charge in [0.05, 0.1) is 5.92 Å². The van der Waals surface area contributed by atoms with Gasteiger partial charge < -0.3 is 10.2 Å². The Morgan fingerprint density at radius 1 is 1.09 bits per heavy atom. The van der Waals surface area contributed by atoms with Gasteiger partial charge in [-0.3, -0.25) is 4.79 Å². The van der Waals surface area contributed by atoms with Crippen molar-refractivity contribution in [3.05, 3.63) is 58.8 Å². The first-order chi connectivity index (χ1) is 15.9. The lowest BCUT2D eigenvalue weighted by Gasteiger charge is -2.30. The Morgan fingerprint density at radius 2 is 1.74 bits per heavy atom. The van der Waals surface area contributed by atoms with Gasteiger partial charge in [0.25, 0.3) is 10.2 Å². The molecule has 2 heterocycles. The highest BCUT2D eigenvalue weighted by atomic mass is 32.2. The third kappa shape index (κ3) is 7.15. The van der Waals surface area contributed by atoms with Crippen LogP contribution in [0, 0.1) is 0 Å². The summed E-state index contributed by atoms with van der Waals surface area (Å²) in [5.41, 5.74) is 0.958. The quantitative estimate of drug-likeness (QED) is 0.516. The van der Waals surface area contributed by atoms with Crippen LogP contribution in [0.25, 0.3) is 0 Å². The predicted octanol–water partition coefficient (Wildman–Crippen LogP) is 2.80. The molecule has 8 nitrogen and oxygen atoms in total. The first kappa shape index (κ1) is 25.9. The van der Waals surface area contributed by atoms with E-state index in [-0.39, 0.29) is 24.8 Å². The largest absolute Gasteiger partial charge is 0.433 e. The minimum absolute atomic E-state index is 0.0277. The maximum absolute atomic E-state index is 13.2. The lowest BCUT2D eigenvalue weighted by atomic mass is 9.99. The number of nitrogens with zero attached hydrogens (tertiary/aromatic N) is 2. The minimum Gasteiger partial charge on any atom is -0.356 e. The van der Waals surface area contributed by atoms with E-state index in [1.165, 1.54) is 6.07 Å². The van der Waals surface area contributed by atoms with Gasteiger partial charge in [-0.2, -0.15) is 26.3 Å². The van der Waals surface area contributed by atoms with Crippen LogP contribution < -0.4 is 20.1 Å². The van der Waals surface area contributed by atoms with E-state index in [1.54, 1.807) is 31.2 Å².